The third-order valence-electron chi connectivity index (χ3n) is 2.89. The molecule has 7 heteroatoms. The highest BCUT2D eigenvalue weighted by Crippen LogP contribution is 2.16. The smallest absolute Gasteiger partial charge is 0.240 e. The summed E-state index contributed by atoms with van der Waals surface area (Å²) >= 11 is 0. The Kier molecular flexibility index (Phi) is 3.21. The molecule has 0 atom stereocenters. The van der Waals surface area contributed by atoms with E-state index in [1.807, 2.05) is 6.07 Å². The number of aromatic nitrogens is 3. The van der Waals surface area contributed by atoms with Crippen molar-refractivity contribution >= 4 is 21.1 Å². The second-order valence-corrected chi connectivity index (χ2v) is 6.03. The van der Waals surface area contributed by atoms with Crippen LogP contribution in [0.4, 0.5) is 0 Å². The van der Waals surface area contributed by atoms with Crippen molar-refractivity contribution in [2.45, 2.75) is 11.4 Å². The van der Waals surface area contributed by atoms with Crippen LogP contribution in [0.1, 0.15) is 5.56 Å². The van der Waals surface area contributed by atoms with E-state index in [9.17, 15) is 8.42 Å². The van der Waals surface area contributed by atoms with E-state index in [1.165, 1.54) is 12.4 Å². The van der Waals surface area contributed by atoms with Gasteiger partial charge in [-0.15, -0.1) is 0 Å². The first-order valence-corrected chi connectivity index (χ1v) is 7.45. The van der Waals surface area contributed by atoms with Crippen molar-refractivity contribution in [2.75, 3.05) is 0 Å². The molecule has 0 radical (unpaired) electrons. The van der Waals surface area contributed by atoms with Crippen LogP contribution in [-0.4, -0.2) is 23.4 Å². The highest BCUT2D eigenvalue weighted by molar-refractivity contribution is 7.89. The fourth-order valence-corrected chi connectivity index (χ4v) is 2.89. The van der Waals surface area contributed by atoms with Crippen LogP contribution in [0.2, 0.25) is 0 Å². The van der Waals surface area contributed by atoms with Gasteiger partial charge in [-0.05, 0) is 29.8 Å². The molecule has 0 aliphatic rings. The molecule has 102 valence electrons. The zero-order chi connectivity index (χ0) is 14.0. The van der Waals surface area contributed by atoms with Gasteiger partial charge in [-0.3, -0.25) is 4.98 Å². The van der Waals surface area contributed by atoms with E-state index in [-0.39, 0.29) is 11.4 Å². The number of benzene rings is 1. The number of nitrogens with zero attached hydrogens (tertiary/aromatic N) is 2. The molecule has 0 aliphatic heterocycles. The number of fused-ring (bicyclic) bond motifs is 1. The summed E-state index contributed by atoms with van der Waals surface area (Å²) in [7, 11) is -3.55. The lowest BCUT2D eigenvalue weighted by Gasteiger charge is -2.06. The van der Waals surface area contributed by atoms with E-state index in [0.29, 0.717) is 5.52 Å². The third-order valence-corrected chi connectivity index (χ3v) is 4.29. The van der Waals surface area contributed by atoms with E-state index in [4.69, 9.17) is 0 Å². The number of hydrogen-bond acceptors (Lipinski definition) is 4. The molecule has 3 aromatic rings. The summed E-state index contributed by atoms with van der Waals surface area (Å²) < 4.78 is 27.0. The third kappa shape index (κ3) is 2.54. The summed E-state index contributed by atoms with van der Waals surface area (Å²) in [4.78, 5) is 11.1. The van der Waals surface area contributed by atoms with Crippen LogP contribution in [0.15, 0.2) is 53.9 Å². The normalized spacial score (nSPS) is 11.8. The second-order valence-electron chi connectivity index (χ2n) is 4.27. The molecule has 0 aliphatic carbocycles. The molecule has 0 amide bonds. The van der Waals surface area contributed by atoms with Crippen LogP contribution >= 0.6 is 0 Å². The molecule has 1 aromatic carbocycles. The van der Waals surface area contributed by atoms with Gasteiger partial charge in [-0.1, -0.05) is 6.07 Å². The van der Waals surface area contributed by atoms with Crippen LogP contribution in [0, 0.1) is 0 Å². The lowest BCUT2D eigenvalue weighted by molar-refractivity contribution is 0.581. The number of aromatic amines is 1. The summed E-state index contributed by atoms with van der Waals surface area (Å²) in [5, 5.41) is 0. The van der Waals surface area contributed by atoms with Crippen LogP contribution < -0.4 is 4.72 Å². The minimum absolute atomic E-state index is 0.206. The van der Waals surface area contributed by atoms with Gasteiger partial charge in [-0.25, -0.2) is 18.1 Å². The molecule has 0 spiro atoms. The minimum atomic E-state index is -3.55. The second kappa shape index (κ2) is 5.03. The standard InChI is InChI=1S/C13H12N4O2S/c18-20(19,17-8-10-2-1-5-14-7-10)11-3-4-12-13(6-11)16-9-15-12/h1-7,9,17H,8H2,(H,15,16). The Hall–Kier alpha value is -2.25. The van der Waals surface area contributed by atoms with Gasteiger partial charge >= 0.3 is 0 Å². The van der Waals surface area contributed by atoms with E-state index in [0.717, 1.165) is 11.1 Å². The van der Waals surface area contributed by atoms with Crippen LogP contribution in [0.3, 0.4) is 0 Å². The highest BCUT2D eigenvalue weighted by Gasteiger charge is 2.14. The van der Waals surface area contributed by atoms with Crippen molar-refractivity contribution in [1.29, 1.82) is 0 Å². The molecule has 2 heterocycles. The number of nitrogens with one attached hydrogen (secondary N) is 2. The molecule has 3 rings (SSSR count). The summed E-state index contributed by atoms with van der Waals surface area (Å²) in [5.74, 6) is 0. The Bertz CT molecular complexity index is 828. The predicted molar refractivity (Wildman–Crippen MR) is 74.4 cm³/mol. The van der Waals surface area contributed by atoms with Crippen molar-refractivity contribution in [1.82, 2.24) is 19.7 Å². The number of sulfonamides is 1. The Morgan fingerprint density at radius 2 is 2.15 bits per heavy atom. The Morgan fingerprint density at radius 3 is 2.95 bits per heavy atom. The molecule has 0 fully saturated rings. The topological polar surface area (TPSA) is 87.7 Å². The van der Waals surface area contributed by atoms with E-state index < -0.39 is 10.0 Å². The molecule has 20 heavy (non-hydrogen) atoms. The van der Waals surface area contributed by atoms with Gasteiger partial charge in [0.15, 0.2) is 0 Å². The maximum atomic E-state index is 12.2. The highest BCUT2D eigenvalue weighted by atomic mass is 32.2. The first kappa shape index (κ1) is 12.8. The summed E-state index contributed by atoms with van der Waals surface area (Å²) in [6, 6.07) is 8.35. The van der Waals surface area contributed by atoms with Crippen molar-refractivity contribution in [3.8, 4) is 0 Å². The maximum absolute atomic E-state index is 12.2. The van der Waals surface area contributed by atoms with Crippen molar-refractivity contribution in [3.63, 3.8) is 0 Å². The number of hydrogen-bond donors (Lipinski definition) is 2. The number of imidazole rings is 1. The minimum Gasteiger partial charge on any atom is -0.345 e. The summed E-state index contributed by atoms with van der Waals surface area (Å²) in [5.41, 5.74) is 2.23. The van der Waals surface area contributed by atoms with Crippen LogP contribution in [-0.2, 0) is 16.6 Å². The van der Waals surface area contributed by atoms with Gasteiger partial charge in [-0.2, -0.15) is 0 Å². The zero-order valence-electron chi connectivity index (χ0n) is 10.4. The summed E-state index contributed by atoms with van der Waals surface area (Å²) in [6.07, 6.45) is 4.80. The molecule has 0 saturated heterocycles. The van der Waals surface area contributed by atoms with Crippen molar-refractivity contribution in [3.05, 3.63) is 54.6 Å². The lowest BCUT2D eigenvalue weighted by atomic mass is 10.3. The summed E-state index contributed by atoms with van der Waals surface area (Å²) in [6.45, 7) is 0.206. The van der Waals surface area contributed by atoms with Gasteiger partial charge < -0.3 is 4.98 Å². The largest absolute Gasteiger partial charge is 0.345 e. The number of rotatable bonds is 4. The molecule has 0 saturated carbocycles. The molecule has 0 bridgehead atoms. The average molecular weight is 288 g/mol. The molecule has 2 aromatic heterocycles. The van der Waals surface area contributed by atoms with Gasteiger partial charge in [0.25, 0.3) is 0 Å². The van der Waals surface area contributed by atoms with E-state index in [1.54, 1.807) is 30.6 Å². The van der Waals surface area contributed by atoms with Crippen molar-refractivity contribution in [2.24, 2.45) is 0 Å². The number of H-pyrrole nitrogens is 1. The van der Waals surface area contributed by atoms with E-state index in [2.05, 4.69) is 19.7 Å². The Balaban J connectivity index is 1.84. The predicted octanol–water partition coefficient (Wildman–Crippen LogP) is 1.44. The molecule has 2 N–H and O–H groups in total. The molecule has 0 unspecified atom stereocenters. The monoisotopic (exact) mass is 288 g/mol. The Labute approximate surface area is 115 Å². The fraction of sp³-hybridized carbons (Fsp3) is 0.0769. The SMILES string of the molecule is O=S(=O)(NCc1cccnc1)c1ccc2nc[nH]c2c1. The van der Waals surface area contributed by atoms with Gasteiger partial charge in [0.05, 0.1) is 22.3 Å². The van der Waals surface area contributed by atoms with Gasteiger partial charge in [0, 0.05) is 18.9 Å². The number of pyridine rings is 1. The van der Waals surface area contributed by atoms with Crippen molar-refractivity contribution < 1.29 is 8.42 Å². The van der Waals surface area contributed by atoms with Crippen LogP contribution in [0.5, 0.6) is 0 Å². The van der Waals surface area contributed by atoms with Gasteiger partial charge in [0.1, 0.15) is 0 Å². The average Bonchev–Trinajstić information content (AvgIpc) is 2.94. The fourth-order valence-electron chi connectivity index (χ4n) is 1.85. The molecule has 6 nitrogen and oxygen atoms in total. The first-order chi connectivity index (χ1) is 9.65. The zero-order valence-corrected chi connectivity index (χ0v) is 11.3. The molecular formula is C13H12N4O2S. The van der Waals surface area contributed by atoms with Gasteiger partial charge in [0.2, 0.25) is 10.0 Å². The Morgan fingerprint density at radius 1 is 1.25 bits per heavy atom. The first-order valence-electron chi connectivity index (χ1n) is 5.97. The quantitative estimate of drug-likeness (QED) is 0.760. The maximum Gasteiger partial charge on any atom is 0.240 e. The van der Waals surface area contributed by atoms with E-state index >= 15 is 0 Å². The van der Waals surface area contributed by atoms with Crippen LogP contribution in [0.25, 0.3) is 11.0 Å². The lowest BCUT2D eigenvalue weighted by Crippen LogP contribution is -2.23. The molecular weight excluding hydrogens is 276 g/mol.